The highest BCUT2D eigenvalue weighted by Gasteiger charge is 2.20. The number of rotatable bonds is 3. The van der Waals surface area contributed by atoms with Crippen molar-refractivity contribution in [3.05, 3.63) is 46.2 Å². The average Bonchev–Trinajstić information content (AvgIpc) is 2.76. The smallest absolute Gasteiger partial charge is 0.232 e. The molecule has 18 heavy (non-hydrogen) atoms. The Hall–Kier alpha value is -1.13. The van der Waals surface area contributed by atoms with Crippen molar-refractivity contribution in [2.45, 2.75) is 19.2 Å². The SMILES string of the molecule is Cc1ccc(-n2ncc(CCl)c2C(F)F)cc1Cl. The van der Waals surface area contributed by atoms with Crippen molar-refractivity contribution in [3.8, 4) is 5.69 Å². The van der Waals surface area contributed by atoms with Gasteiger partial charge in [0, 0.05) is 10.6 Å². The van der Waals surface area contributed by atoms with E-state index in [9.17, 15) is 8.78 Å². The highest BCUT2D eigenvalue weighted by molar-refractivity contribution is 6.31. The normalized spacial score (nSPS) is 11.2. The van der Waals surface area contributed by atoms with Gasteiger partial charge in [0.25, 0.3) is 6.43 Å². The second-order valence-corrected chi connectivity index (χ2v) is 4.51. The first kappa shape index (κ1) is 13.3. The van der Waals surface area contributed by atoms with Gasteiger partial charge in [-0.05, 0) is 24.6 Å². The second kappa shape index (κ2) is 5.24. The fraction of sp³-hybridized carbons (Fsp3) is 0.250. The summed E-state index contributed by atoms with van der Waals surface area (Å²) in [7, 11) is 0. The van der Waals surface area contributed by atoms with Crippen LogP contribution in [0.15, 0.2) is 24.4 Å². The molecule has 96 valence electrons. The quantitative estimate of drug-likeness (QED) is 0.761. The summed E-state index contributed by atoms with van der Waals surface area (Å²) in [4.78, 5) is 0. The van der Waals surface area contributed by atoms with Crippen LogP contribution in [0.2, 0.25) is 5.02 Å². The zero-order valence-electron chi connectivity index (χ0n) is 9.50. The van der Waals surface area contributed by atoms with E-state index in [2.05, 4.69) is 5.10 Å². The van der Waals surface area contributed by atoms with Crippen molar-refractivity contribution in [2.75, 3.05) is 0 Å². The van der Waals surface area contributed by atoms with E-state index in [0.29, 0.717) is 16.3 Å². The number of hydrogen-bond donors (Lipinski definition) is 0. The molecular formula is C12H10Cl2F2N2. The van der Waals surface area contributed by atoms with Crippen molar-refractivity contribution in [2.24, 2.45) is 0 Å². The number of halogens is 4. The Bertz CT molecular complexity index is 567. The Morgan fingerprint density at radius 3 is 2.67 bits per heavy atom. The third kappa shape index (κ3) is 2.35. The molecule has 2 aromatic rings. The molecule has 2 rings (SSSR count). The van der Waals surface area contributed by atoms with Crippen molar-refractivity contribution >= 4 is 23.2 Å². The zero-order chi connectivity index (χ0) is 13.3. The first-order valence-electron chi connectivity index (χ1n) is 5.22. The fourth-order valence-electron chi connectivity index (χ4n) is 1.65. The van der Waals surface area contributed by atoms with Crippen LogP contribution in [-0.4, -0.2) is 9.78 Å². The van der Waals surface area contributed by atoms with Gasteiger partial charge >= 0.3 is 0 Å². The minimum absolute atomic E-state index is 0.000727. The molecule has 0 radical (unpaired) electrons. The molecule has 0 saturated carbocycles. The van der Waals surface area contributed by atoms with E-state index in [0.717, 1.165) is 5.56 Å². The molecule has 0 aliphatic heterocycles. The van der Waals surface area contributed by atoms with E-state index in [-0.39, 0.29) is 11.6 Å². The van der Waals surface area contributed by atoms with E-state index in [4.69, 9.17) is 23.2 Å². The predicted molar refractivity (Wildman–Crippen MR) is 67.8 cm³/mol. The minimum atomic E-state index is -2.64. The van der Waals surface area contributed by atoms with Gasteiger partial charge in [0.05, 0.1) is 17.8 Å². The molecule has 0 atom stereocenters. The summed E-state index contributed by atoms with van der Waals surface area (Å²) in [5.74, 6) is -0.000727. The van der Waals surface area contributed by atoms with Crippen molar-refractivity contribution < 1.29 is 8.78 Å². The van der Waals surface area contributed by atoms with Gasteiger partial charge in [-0.1, -0.05) is 17.7 Å². The molecule has 2 nitrogen and oxygen atoms in total. The van der Waals surface area contributed by atoms with Crippen LogP contribution in [0, 0.1) is 6.92 Å². The summed E-state index contributed by atoms with van der Waals surface area (Å²) in [6.45, 7) is 1.84. The monoisotopic (exact) mass is 290 g/mol. The highest BCUT2D eigenvalue weighted by atomic mass is 35.5. The minimum Gasteiger partial charge on any atom is -0.232 e. The van der Waals surface area contributed by atoms with Gasteiger partial charge in [-0.25, -0.2) is 13.5 Å². The van der Waals surface area contributed by atoms with E-state index < -0.39 is 6.43 Å². The molecule has 0 bridgehead atoms. The first-order valence-corrected chi connectivity index (χ1v) is 6.13. The molecule has 0 aliphatic rings. The van der Waals surface area contributed by atoms with Gasteiger partial charge in [-0.15, -0.1) is 11.6 Å². The molecular weight excluding hydrogens is 281 g/mol. The Labute approximate surface area is 113 Å². The summed E-state index contributed by atoms with van der Waals surface area (Å²) in [5, 5.41) is 4.45. The average molecular weight is 291 g/mol. The third-order valence-electron chi connectivity index (χ3n) is 2.64. The Balaban J connectivity index is 2.56. The maximum atomic E-state index is 13.0. The topological polar surface area (TPSA) is 17.8 Å². The third-order valence-corrected chi connectivity index (χ3v) is 3.33. The lowest BCUT2D eigenvalue weighted by Crippen LogP contribution is -2.04. The number of alkyl halides is 3. The van der Waals surface area contributed by atoms with Crippen LogP contribution in [0.25, 0.3) is 5.69 Å². The van der Waals surface area contributed by atoms with Crippen molar-refractivity contribution in [1.82, 2.24) is 9.78 Å². The zero-order valence-corrected chi connectivity index (χ0v) is 11.0. The summed E-state index contributed by atoms with van der Waals surface area (Å²) in [5.41, 5.74) is 1.51. The molecule has 1 aromatic heterocycles. The van der Waals surface area contributed by atoms with Crippen molar-refractivity contribution in [3.63, 3.8) is 0 Å². The molecule has 6 heteroatoms. The van der Waals surface area contributed by atoms with Crippen LogP contribution in [-0.2, 0) is 5.88 Å². The fourth-order valence-corrected chi connectivity index (χ4v) is 2.03. The molecule has 1 aromatic carbocycles. The van der Waals surface area contributed by atoms with E-state index in [1.54, 1.807) is 18.2 Å². The molecule has 0 saturated heterocycles. The maximum Gasteiger partial charge on any atom is 0.280 e. The largest absolute Gasteiger partial charge is 0.280 e. The van der Waals surface area contributed by atoms with Crippen LogP contribution in [0.1, 0.15) is 23.2 Å². The molecule has 0 spiro atoms. The van der Waals surface area contributed by atoms with Gasteiger partial charge < -0.3 is 0 Å². The predicted octanol–water partition coefficient (Wildman–Crippen LogP) is 4.51. The molecule has 0 aliphatic carbocycles. The lowest BCUT2D eigenvalue weighted by molar-refractivity contribution is 0.142. The second-order valence-electron chi connectivity index (χ2n) is 3.83. The summed E-state index contributed by atoms with van der Waals surface area (Å²) in [6.07, 6.45) is -1.29. The van der Waals surface area contributed by atoms with Crippen LogP contribution in [0.5, 0.6) is 0 Å². The van der Waals surface area contributed by atoms with E-state index in [1.165, 1.54) is 10.9 Å². The highest BCUT2D eigenvalue weighted by Crippen LogP contribution is 2.28. The number of aromatic nitrogens is 2. The van der Waals surface area contributed by atoms with Crippen LogP contribution >= 0.6 is 23.2 Å². The standard InChI is InChI=1S/C12H10Cl2F2N2/c1-7-2-3-9(4-10(7)14)18-11(12(15)16)8(5-13)6-17-18/h2-4,6,12H,5H2,1H3. The lowest BCUT2D eigenvalue weighted by atomic mass is 10.2. The summed E-state index contributed by atoms with van der Waals surface area (Å²) in [6, 6.07) is 5.06. The lowest BCUT2D eigenvalue weighted by Gasteiger charge is -2.09. The number of aryl methyl sites for hydroxylation is 1. The van der Waals surface area contributed by atoms with Gasteiger partial charge in [-0.3, -0.25) is 0 Å². The summed E-state index contributed by atoms with van der Waals surface area (Å²) < 4.78 is 27.2. The maximum absolute atomic E-state index is 13.0. The van der Waals surface area contributed by atoms with Gasteiger partial charge in [0.1, 0.15) is 5.69 Å². The van der Waals surface area contributed by atoms with E-state index >= 15 is 0 Å². The summed E-state index contributed by atoms with van der Waals surface area (Å²) >= 11 is 11.6. The Morgan fingerprint density at radius 2 is 2.11 bits per heavy atom. The molecule has 0 fully saturated rings. The van der Waals surface area contributed by atoms with Gasteiger partial charge in [0.2, 0.25) is 0 Å². The van der Waals surface area contributed by atoms with Crippen LogP contribution in [0.3, 0.4) is 0 Å². The van der Waals surface area contributed by atoms with Crippen LogP contribution in [0.4, 0.5) is 8.78 Å². The molecule has 1 heterocycles. The molecule has 0 unspecified atom stereocenters. The molecule has 0 N–H and O–H groups in total. The number of hydrogen-bond acceptors (Lipinski definition) is 1. The van der Waals surface area contributed by atoms with Gasteiger partial charge in [0.15, 0.2) is 0 Å². The Morgan fingerprint density at radius 1 is 1.39 bits per heavy atom. The van der Waals surface area contributed by atoms with E-state index in [1.807, 2.05) is 6.92 Å². The Kier molecular flexibility index (Phi) is 3.88. The number of nitrogens with zero attached hydrogens (tertiary/aromatic N) is 2. The van der Waals surface area contributed by atoms with Crippen molar-refractivity contribution in [1.29, 1.82) is 0 Å². The van der Waals surface area contributed by atoms with Gasteiger partial charge in [-0.2, -0.15) is 5.10 Å². The first-order chi connectivity index (χ1) is 8.54. The molecule has 0 amide bonds. The van der Waals surface area contributed by atoms with Crippen LogP contribution < -0.4 is 0 Å². The number of benzene rings is 1.